The number of aromatic nitrogens is 1. The number of amides is 2. The first-order valence-corrected chi connectivity index (χ1v) is 9.70. The van der Waals surface area contributed by atoms with Gasteiger partial charge in [0.15, 0.2) is 0 Å². The Morgan fingerprint density at radius 1 is 1.22 bits per heavy atom. The SMILES string of the molecule is O=C(Nc1ccc2scnc2c1)[C@@H]1CCCN1C(=O)OCc1ccccc1. The van der Waals surface area contributed by atoms with E-state index in [0.717, 1.165) is 22.2 Å². The van der Waals surface area contributed by atoms with Gasteiger partial charge in [0.05, 0.1) is 15.7 Å². The van der Waals surface area contributed by atoms with Crippen molar-refractivity contribution in [2.75, 3.05) is 11.9 Å². The van der Waals surface area contributed by atoms with E-state index in [-0.39, 0.29) is 12.5 Å². The summed E-state index contributed by atoms with van der Waals surface area (Å²) >= 11 is 1.55. The molecule has 7 heteroatoms. The maximum absolute atomic E-state index is 12.7. The van der Waals surface area contributed by atoms with E-state index in [9.17, 15) is 9.59 Å². The van der Waals surface area contributed by atoms with Gasteiger partial charge in [0.25, 0.3) is 0 Å². The summed E-state index contributed by atoms with van der Waals surface area (Å²) < 4.78 is 6.46. The molecule has 2 heterocycles. The van der Waals surface area contributed by atoms with Gasteiger partial charge < -0.3 is 10.1 Å². The molecule has 1 aliphatic rings. The van der Waals surface area contributed by atoms with Gasteiger partial charge in [-0.3, -0.25) is 9.69 Å². The maximum Gasteiger partial charge on any atom is 0.410 e. The highest BCUT2D eigenvalue weighted by Crippen LogP contribution is 2.24. The molecule has 27 heavy (non-hydrogen) atoms. The Balaban J connectivity index is 1.39. The van der Waals surface area contributed by atoms with E-state index in [1.54, 1.807) is 16.8 Å². The fraction of sp³-hybridized carbons (Fsp3) is 0.250. The summed E-state index contributed by atoms with van der Waals surface area (Å²) in [6.45, 7) is 0.724. The molecule has 0 radical (unpaired) electrons. The summed E-state index contributed by atoms with van der Waals surface area (Å²) in [5.41, 5.74) is 4.23. The smallest absolute Gasteiger partial charge is 0.410 e. The number of hydrogen-bond acceptors (Lipinski definition) is 5. The minimum atomic E-state index is -0.514. The van der Waals surface area contributed by atoms with Gasteiger partial charge in [0.2, 0.25) is 5.91 Å². The number of carbonyl (C=O) groups excluding carboxylic acids is 2. The number of hydrogen-bond donors (Lipinski definition) is 1. The number of benzene rings is 2. The summed E-state index contributed by atoms with van der Waals surface area (Å²) in [7, 11) is 0. The lowest BCUT2D eigenvalue weighted by molar-refractivity contribution is -0.120. The van der Waals surface area contributed by atoms with Gasteiger partial charge in [-0.05, 0) is 36.6 Å². The fourth-order valence-electron chi connectivity index (χ4n) is 3.22. The number of nitrogens with zero attached hydrogens (tertiary/aromatic N) is 2. The molecule has 0 spiro atoms. The topological polar surface area (TPSA) is 71.5 Å². The Bertz CT molecular complexity index is 957. The van der Waals surface area contributed by atoms with Crippen LogP contribution in [0.5, 0.6) is 0 Å². The maximum atomic E-state index is 12.7. The molecular weight excluding hydrogens is 362 g/mol. The van der Waals surface area contributed by atoms with Gasteiger partial charge in [-0.25, -0.2) is 9.78 Å². The van der Waals surface area contributed by atoms with Crippen molar-refractivity contribution in [3.63, 3.8) is 0 Å². The van der Waals surface area contributed by atoms with Gasteiger partial charge >= 0.3 is 6.09 Å². The highest BCUT2D eigenvalue weighted by molar-refractivity contribution is 7.16. The van der Waals surface area contributed by atoms with Crippen molar-refractivity contribution in [2.45, 2.75) is 25.5 Å². The number of nitrogens with one attached hydrogen (secondary N) is 1. The molecule has 1 fully saturated rings. The first-order chi connectivity index (χ1) is 13.2. The van der Waals surface area contributed by atoms with Crippen molar-refractivity contribution in [2.24, 2.45) is 0 Å². The summed E-state index contributed by atoms with van der Waals surface area (Å²) in [6, 6.07) is 14.6. The minimum Gasteiger partial charge on any atom is -0.445 e. The molecule has 0 aliphatic carbocycles. The molecule has 0 bridgehead atoms. The molecule has 4 rings (SSSR count). The minimum absolute atomic E-state index is 0.196. The van der Waals surface area contributed by atoms with Crippen molar-refractivity contribution in [1.82, 2.24) is 9.88 Å². The van der Waals surface area contributed by atoms with Crippen molar-refractivity contribution >= 4 is 39.2 Å². The van der Waals surface area contributed by atoms with E-state index in [4.69, 9.17) is 4.74 Å². The first-order valence-electron chi connectivity index (χ1n) is 8.82. The number of rotatable bonds is 4. The molecule has 0 saturated carbocycles. The summed E-state index contributed by atoms with van der Waals surface area (Å²) in [5.74, 6) is -0.196. The molecule has 1 aliphatic heterocycles. The second-order valence-electron chi connectivity index (χ2n) is 6.42. The van der Waals surface area contributed by atoms with Crippen LogP contribution in [0.2, 0.25) is 0 Å². The third-order valence-electron chi connectivity index (χ3n) is 4.59. The van der Waals surface area contributed by atoms with Gasteiger partial charge in [-0.2, -0.15) is 0 Å². The van der Waals surface area contributed by atoms with Crippen LogP contribution in [0.4, 0.5) is 10.5 Å². The predicted molar refractivity (Wildman–Crippen MR) is 105 cm³/mol. The Morgan fingerprint density at radius 3 is 2.93 bits per heavy atom. The lowest BCUT2D eigenvalue weighted by Gasteiger charge is -2.23. The van der Waals surface area contributed by atoms with Crippen LogP contribution in [0.1, 0.15) is 18.4 Å². The molecule has 138 valence electrons. The third-order valence-corrected chi connectivity index (χ3v) is 5.40. The van der Waals surface area contributed by atoms with Gasteiger partial charge in [0, 0.05) is 12.2 Å². The Morgan fingerprint density at radius 2 is 2.07 bits per heavy atom. The van der Waals surface area contributed by atoms with Crippen LogP contribution in [0, 0.1) is 0 Å². The molecule has 6 nitrogen and oxygen atoms in total. The molecular formula is C20H19N3O3S. The zero-order valence-electron chi connectivity index (χ0n) is 14.6. The van der Waals surface area contributed by atoms with E-state index in [1.807, 2.05) is 48.5 Å². The molecule has 1 aromatic heterocycles. The second kappa shape index (κ2) is 7.75. The number of ether oxygens (including phenoxy) is 1. The summed E-state index contributed by atoms with van der Waals surface area (Å²) in [4.78, 5) is 30.9. The van der Waals surface area contributed by atoms with Crippen molar-refractivity contribution in [3.8, 4) is 0 Å². The average molecular weight is 381 g/mol. The fourth-order valence-corrected chi connectivity index (χ4v) is 3.88. The van der Waals surface area contributed by atoms with E-state index >= 15 is 0 Å². The lowest BCUT2D eigenvalue weighted by Crippen LogP contribution is -2.43. The monoisotopic (exact) mass is 381 g/mol. The van der Waals surface area contributed by atoms with Crippen LogP contribution in [0.25, 0.3) is 10.2 Å². The van der Waals surface area contributed by atoms with Crippen LogP contribution in [-0.2, 0) is 16.1 Å². The van der Waals surface area contributed by atoms with E-state index < -0.39 is 12.1 Å². The van der Waals surface area contributed by atoms with Crippen LogP contribution in [0.15, 0.2) is 54.0 Å². The molecule has 1 atom stereocenters. The van der Waals surface area contributed by atoms with Crippen LogP contribution >= 0.6 is 11.3 Å². The van der Waals surface area contributed by atoms with Crippen LogP contribution in [0.3, 0.4) is 0 Å². The van der Waals surface area contributed by atoms with Gasteiger partial charge in [-0.15, -0.1) is 11.3 Å². The molecule has 2 amide bonds. The molecule has 3 aromatic rings. The number of fused-ring (bicyclic) bond motifs is 1. The van der Waals surface area contributed by atoms with Gasteiger partial charge in [0.1, 0.15) is 12.6 Å². The molecule has 1 saturated heterocycles. The average Bonchev–Trinajstić information content (AvgIpc) is 3.36. The number of anilines is 1. The first kappa shape index (κ1) is 17.5. The number of likely N-dealkylation sites (tertiary alicyclic amines) is 1. The predicted octanol–water partition coefficient (Wildman–Crippen LogP) is 4.04. The zero-order valence-corrected chi connectivity index (χ0v) is 15.4. The number of carbonyl (C=O) groups is 2. The molecule has 1 N–H and O–H groups in total. The Kier molecular flexibility index (Phi) is 5.02. The third kappa shape index (κ3) is 3.93. The highest BCUT2D eigenvalue weighted by atomic mass is 32.1. The van der Waals surface area contributed by atoms with Gasteiger partial charge in [-0.1, -0.05) is 30.3 Å². The van der Waals surface area contributed by atoms with Crippen molar-refractivity contribution in [3.05, 3.63) is 59.6 Å². The van der Waals surface area contributed by atoms with E-state index in [2.05, 4.69) is 10.3 Å². The zero-order chi connectivity index (χ0) is 18.6. The summed E-state index contributed by atoms with van der Waals surface area (Å²) in [6.07, 6.45) is 0.959. The standard InChI is InChI=1S/C20H19N3O3S/c24-19(22-15-8-9-18-16(11-15)21-13-27-18)17-7-4-10-23(17)20(25)26-12-14-5-2-1-3-6-14/h1-3,5-6,8-9,11,13,17H,4,7,10,12H2,(H,22,24)/t17-/m0/s1. The second-order valence-corrected chi connectivity index (χ2v) is 7.30. The van der Waals surface area contributed by atoms with Crippen LogP contribution in [-0.4, -0.2) is 34.5 Å². The Hall–Kier alpha value is -2.93. The van der Waals surface area contributed by atoms with E-state index in [0.29, 0.717) is 18.7 Å². The molecule has 2 aromatic carbocycles. The summed E-state index contributed by atoms with van der Waals surface area (Å²) in [5, 5.41) is 2.90. The van der Waals surface area contributed by atoms with E-state index in [1.165, 1.54) is 4.90 Å². The number of thiazole rings is 1. The largest absolute Gasteiger partial charge is 0.445 e. The lowest BCUT2D eigenvalue weighted by atomic mass is 10.2. The van der Waals surface area contributed by atoms with Crippen LogP contribution < -0.4 is 5.32 Å². The van der Waals surface area contributed by atoms with Crippen molar-refractivity contribution < 1.29 is 14.3 Å². The van der Waals surface area contributed by atoms with Crippen molar-refractivity contribution in [1.29, 1.82) is 0 Å². The molecule has 0 unspecified atom stereocenters. The Labute approximate surface area is 160 Å². The quantitative estimate of drug-likeness (QED) is 0.740. The normalized spacial score (nSPS) is 16.4. The highest BCUT2D eigenvalue weighted by Gasteiger charge is 2.35.